The lowest BCUT2D eigenvalue weighted by molar-refractivity contribution is 0.415. The number of benzene rings is 2. The molecule has 0 N–H and O–H groups in total. The number of nitrogens with zero attached hydrogens (tertiary/aromatic N) is 3. The summed E-state index contributed by atoms with van der Waals surface area (Å²) in [7, 11) is 1.65. The maximum Gasteiger partial charge on any atom is 0.163 e. The average Bonchev–Trinajstić information content (AvgIpc) is 2.60. The van der Waals surface area contributed by atoms with Crippen molar-refractivity contribution in [2.45, 2.75) is 13.8 Å². The second-order valence-corrected chi connectivity index (χ2v) is 5.31. The number of hydrogen-bond donors (Lipinski definition) is 0. The topological polar surface area (TPSA) is 47.9 Å². The largest absolute Gasteiger partial charge is 0.497 e. The lowest BCUT2D eigenvalue weighted by Crippen LogP contribution is -1.98. The third-order valence-corrected chi connectivity index (χ3v) is 3.44. The first kappa shape index (κ1) is 15.7. The van der Waals surface area contributed by atoms with Crippen LogP contribution in [-0.4, -0.2) is 22.1 Å². The third-order valence-electron chi connectivity index (χ3n) is 3.44. The summed E-state index contributed by atoms with van der Waals surface area (Å²) < 4.78 is 5.14. The minimum absolute atomic E-state index is 0.690. The van der Waals surface area contributed by atoms with Gasteiger partial charge in [-0.2, -0.15) is 0 Å². The molecular weight excluding hydrogens is 298 g/mol. The molecule has 0 amide bonds. The van der Waals surface area contributed by atoms with Crippen molar-refractivity contribution in [3.8, 4) is 29.0 Å². The van der Waals surface area contributed by atoms with Gasteiger partial charge in [-0.05, 0) is 62.4 Å². The van der Waals surface area contributed by atoms with Gasteiger partial charge < -0.3 is 4.74 Å². The number of hydrogen-bond acceptors (Lipinski definition) is 4. The van der Waals surface area contributed by atoms with Gasteiger partial charge in [0.15, 0.2) is 5.82 Å². The molecule has 0 saturated carbocycles. The molecule has 0 radical (unpaired) electrons. The molecule has 24 heavy (non-hydrogen) atoms. The molecule has 0 bridgehead atoms. The van der Waals surface area contributed by atoms with E-state index in [-0.39, 0.29) is 0 Å². The van der Waals surface area contributed by atoms with Crippen LogP contribution in [0.3, 0.4) is 0 Å². The van der Waals surface area contributed by atoms with Gasteiger partial charge in [0.25, 0.3) is 0 Å². The lowest BCUT2D eigenvalue weighted by Gasteiger charge is -2.02. The molecule has 0 fully saturated rings. The molecule has 118 valence electrons. The number of ether oxygens (including phenoxy) is 1. The van der Waals surface area contributed by atoms with E-state index in [0.29, 0.717) is 5.82 Å². The van der Waals surface area contributed by atoms with Crippen molar-refractivity contribution < 1.29 is 4.74 Å². The van der Waals surface area contributed by atoms with Gasteiger partial charge in [-0.3, -0.25) is 0 Å². The fourth-order valence-corrected chi connectivity index (χ4v) is 2.27. The second kappa shape index (κ2) is 6.93. The van der Waals surface area contributed by atoms with Crippen molar-refractivity contribution in [2.24, 2.45) is 0 Å². The molecule has 1 aromatic heterocycles. The number of methoxy groups -OCH3 is 1. The molecule has 2 aromatic carbocycles. The third kappa shape index (κ3) is 3.76. The zero-order chi connectivity index (χ0) is 16.9. The molecule has 0 aliphatic heterocycles. The van der Waals surface area contributed by atoms with E-state index < -0.39 is 0 Å². The Kier molecular flexibility index (Phi) is 4.53. The Morgan fingerprint density at radius 1 is 0.708 bits per heavy atom. The van der Waals surface area contributed by atoms with Crippen LogP contribution in [0.2, 0.25) is 0 Å². The van der Waals surface area contributed by atoms with Crippen LogP contribution in [0, 0.1) is 25.7 Å². The fraction of sp³-hybridized carbons (Fsp3) is 0.150. The number of aryl methyl sites for hydroxylation is 2. The Labute approximate surface area is 141 Å². The highest BCUT2D eigenvalue weighted by atomic mass is 16.5. The van der Waals surface area contributed by atoms with E-state index in [9.17, 15) is 0 Å². The molecule has 3 rings (SSSR count). The van der Waals surface area contributed by atoms with E-state index in [1.54, 1.807) is 7.11 Å². The first-order valence-corrected chi connectivity index (χ1v) is 7.60. The summed E-state index contributed by atoms with van der Waals surface area (Å²) in [6.45, 7) is 3.74. The Bertz CT molecular complexity index is 884. The highest BCUT2D eigenvalue weighted by Gasteiger charge is 2.03. The second-order valence-electron chi connectivity index (χ2n) is 5.31. The van der Waals surface area contributed by atoms with E-state index in [2.05, 4.69) is 26.8 Å². The molecule has 3 aromatic rings. The molecule has 1 heterocycles. The van der Waals surface area contributed by atoms with Gasteiger partial charge in [0.1, 0.15) is 17.4 Å². The molecule has 4 heteroatoms. The summed E-state index contributed by atoms with van der Waals surface area (Å²) in [5.41, 5.74) is 2.85. The molecule has 0 saturated heterocycles. The SMILES string of the molecule is COc1ccc(C#Cc2ccc(-c3nc(C)nc(C)n3)cc2)cc1. The zero-order valence-corrected chi connectivity index (χ0v) is 13.9. The quantitative estimate of drug-likeness (QED) is 0.678. The standard InChI is InChI=1S/C20H17N3O/c1-14-21-15(2)23-20(22-14)18-10-6-16(7-11-18)4-5-17-8-12-19(24-3)13-9-17/h6-13H,1-3H3. The van der Waals surface area contributed by atoms with E-state index in [1.807, 2.05) is 62.4 Å². The van der Waals surface area contributed by atoms with Gasteiger partial charge in [-0.25, -0.2) is 15.0 Å². The zero-order valence-electron chi connectivity index (χ0n) is 13.9. The minimum Gasteiger partial charge on any atom is -0.497 e. The smallest absolute Gasteiger partial charge is 0.163 e. The predicted molar refractivity (Wildman–Crippen MR) is 93.7 cm³/mol. The summed E-state index contributed by atoms with van der Waals surface area (Å²) in [4.78, 5) is 12.9. The Balaban J connectivity index is 1.81. The summed E-state index contributed by atoms with van der Waals surface area (Å²) in [6, 6.07) is 15.6. The van der Waals surface area contributed by atoms with Crippen molar-refractivity contribution in [3.63, 3.8) is 0 Å². The van der Waals surface area contributed by atoms with Crippen LogP contribution in [0.1, 0.15) is 22.8 Å². The van der Waals surface area contributed by atoms with Crippen molar-refractivity contribution in [2.75, 3.05) is 7.11 Å². The summed E-state index contributed by atoms with van der Waals surface area (Å²) >= 11 is 0. The van der Waals surface area contributed by atoms with Crippen molar-refractivity contribution in [1.29, 1.82) is 0 Å². The highest BCUT2D eigenvalue weighted by Crippen LogP contribution is 2.16. The molecular formula is C20H17N3O. The minimum atomic E-state index is 0.690. The van der Waals surface area contributed by atoms with Crippen LogP contribution in [0.4, 0.5) is 0 Å². The maximum atomic E-state index is 5.14. The molecule has 4 nitrogen and oxygen atoms in total. The van der Waals surface area contributed by atoms with Crippen molar-refractivity contribution in [1.82, 2.24) is 15.0 Å². The van der Waals surface area contributed by atoms with Gasteiger partial charge in [0, 0.05) is 16.7 Å². The van der Waals surface area contributed by atoms with Crippen LogP contribution in [0.25, 0.3) is 11.4 Å². The van der Waals surface area contributed by atoms with Gasteiger partial charge in [0.2, 0.25) is 0 Å². The molecule has 0 atom stereocenters. The molecule has 0 unspecified atom stereocenters. The maximum absolute atomic E-state index is 5.14. The first-order chi connectivity index (χ1) is 11.6. The van der Waals surface area contributed by atoms with E-state index >= 15 is 0 Å². The predicted octanol–water partition coefficient (Wildman–Crippen LogP) is 3.56. The van der Waals surface area contributed by atoms with Crippen LogP contribution in [0.15, 0.2) is 48.5 Å². The fourth-order valence-electron chi connectivity index (χ4n) is 2.27. The Hall–Kier alpha value is -3.19. The van der Waals surface area contributed by atoms with Gasteiger partial charge in [-0.15, -0.1) is 0 Å². The van der Waals surface area contributed by atoms with E-state index in [1.165, 1.54) is 0 Å². The van der Waals surface area contributed by atoms with E-state index in [0.717, 1.165) is 34.1 Å². The van der Waals surface area contributed by atoms with E-state index in [4.69, 9.17) is 4.74 Å². The van der Waals surface area contributed by atoms with Gasteiger partial charge in [0.05, 0.1) is 7.11 Å². The lowest BCUT2D eigenvalue weighted by atomic mass is 10.1. The number of aromatic nitrogens is 3. The number of rotatable bonds is 2. The molecule has 0 aliphatic rings. The molecule has 0 spiro atoms. The van der Waals surface area contributed by atoms with Crippen LogP contribution in [0.5, 0.6) is 5.75 Å². The van der Waals surface area contributed by atoms with Crippen molar-refractivity contribution in [3.05, 3.63) is 71.3 Å². The normalized spacial score (nSPS) is 9.96. The van der Waals surface area contributed by atoms with Crippen LogP contribution in [-0.2, 0) is 0 Å². The Morgan fingerprint density at radius 3 is 1.71 bits per heavy atom. The Morgan fingerprint density at radius 2 is 1.21 bits per heavy atom. The van der Waals surface area contributed by atoms with Gasteiger partial charge in [-0.1, -0.05) is 11.8 Å². The summed E-state index contributed by atoms with van der Waals surface area (Å²) in [5.74, 6) is 9.26. The highest BCUT2D eigenvalue weighted by molar-refractivity contribution is 5.57. The average molecular weight is 315 g/mol. The summed E-state index contributed by atoms with van der Waals surface area (Å²) in [5, 5.41) is 0. The molecule has 0 aliphatic carbocycles. The van der Waals surface area contributed by atoms with Crippen molar-refractivity contribution >= 4 is 0 Å². The monoisotopic (exact) mass is 315 g/mol. The van der Waals surface area contributed by atoms with Gasteiger partial charge >= 0.3 is 0 Å². The summed E-state index contributed by atoms with van der Waals surface area (Å²) in [6.07, 6.45) is 0. The van der Waals surface area contributed by atoms with Crippen LogP contribution < -0.4 is 4.74 Å². The first-order valence-electron chi connectivity index (χ1n) is 7.60. The van der Waals surface area contributed by atoms with Crippen LogP contribution >= 0.6 is 0 Å².